The smallest absolute Gasteiger partial charge is 0.312 e. The number of carbonyl (C=O) groups is 1. The van der Waals surface area contributed by atoms with Crippen molar-refractivity contribution >= 4 is 5.97 Å². The predicted molar refractivity (Wildman–Crippen MR) is 70.9 cm³/mol. The van der Waals surface area contributed by atoms with Crippen LogP contribution in [0.25, 0.3) is 0 Å². The van der Waals surface area contributed by atoms with E-state index in [1.165, 1.54) is 0 Å². The number of carboxylic acids is 1. The highest BCUT2D eigenvalue weighted by Gasteiger charge is 2.23. The Hall–Kier alpha value is -1.39. The first kappa shape index (κ1) is 13.1. The van der Waals surface area contributed by atoms with Gasteiger partial charge in [0.2, 0.25) is 0 Å². The van der Waals surface area contributed by atoms with E-state index in [-0.39, 0.29) is 0 Å². The van der Waals surface area contributed by atoms with Crippen LogP contribution >= 0.6 is 0 Å². The fourth-order valence-corrected chi connectivity index (χ4v) is 2.36. The highest BCUT2D eigenvalue weighted by atomic mass is 16.4. The molecule has 1 aromatic carbocycles. The first-order valence-electron chi connectivity index (χ1n) is 6.39. The van der Waals surface area contributed by atoms with Gasteiger partial charge in [0, 0.05) is 32.7 Å². The molecule has 1 fully saturated rings. The minimum atomic E-state index is -0.737. The third-order valence-corrected chi connectivity index (χ3v) is 3.39. The first-order chi connectivity index (χ1) is 8.66. The van der Waals surface area contributed by atoms with Crippen LogP contribution in [-0.4, -0.2) is 48.7 Å². The minimum Gasteiger partial charge on any atom is -0.481 e. The van der Waals surface area contributed by atoms with E-state index in [4.69, 9.17) is 0 Å². The molecule has 0 bridgehead atoms. The number of hydrogen-bond donors (Lipinski definition) is 2. The molecule has 98 valence electrons. The zero-order valence-corrected chi connectivity index (χ0v) is 10.7. The van der Waals surface area contributed by atoms with E-state index in [0.717, 1.165) is 37.3 Å². The van der Waals surface area contributed by atoms with Gasteiger partial charge in [-0.2, -0.15) is 0 Å². The molecule has 0 amide bonds. The van der Waals surface area contributed by atoms with Crippen molar-refractivity contribution in [1.29, 1.82) is 0 Å². The van der Waals surface area contributed by atoms with Crippen molar-refractivity contribution in [3.63, 3.8) is 0 Å². The van der Waals surface area contributed by atoms with Crippen molar-refractivity contribution < 1.29 is 9.90 Å². The van der Waals surface area contributed by atoms with Crippen molar-refractivity contribution in [3.05, 3.63) is 35.4 Å². The summed E-state index contributed by atoms with van der Waals surface area (Å²) in [5.41, 5.74) is 2.01. The topological polar surface area (TPSA) is 52.6 Å². The molecule has 0 aromatic heterocycles. The monoisotopic (exact) mass is 248 g/mol. The second kappa shape index (κ2) is 5.98. The largest absolute Gasteiger partial charge is 0.481 e. The number of carboxylic acid groups (broad SMARTS) is 1. The highest BCUT2D eigenvalue weighted by Crippen LogP contribution is 2.19. The van der Waals surface area contributed by atoms with E-state index in [0.29, 0.717) is 6.54 Å². The van der Waals surface area contributed by atoms with Gasteiger partial charge in [-0.25, -0.2) is 0 Å². The Morgan fingerprint density at radius 1 is 1.44 bits per heavy atom. The van der Waals surface area contributed by atoms with Gasteiger partial charge >= 0.3 is 5.97 Å². The lowest BCUT2D eigenvalue weighted by Gasteiger charge is -2.29. The summed E-state index contributed by atoms with van der Waals surface area (Å²) < 4.78 is 0. The van der Waals surface area contributed by atoms with Crippen LogP contribution in [0.15, 0.2) is 24.3 Å². The van der Waals surface area contributed by atoms with E-state index in [1.807, 2.05) is 31.2 Å². The summed E-state index contributed by atoms with van der Waals surface area (Å²) in [4.78, 5) is 13.7. The van der Waals surface area contributed by atoms with Crippen LogP contribution in [0.1, 0.15) is 17.0 Å². The van der Waals surface area contributed by atoms with E-state index >= 15 is 0 Å². The number of piperazine rings is 1. The molecule has 0 saturated carbocycles. The van der Waals surface area contributed by atoms with Crippen LogP contribution in [0.2, 0.25) is 0 Å². The Kier molecular flexibility index (Phi) is 4.33. The highest BCUT2D eigenvalue weighted by molar-refractivity contribution is 5.76. The third kappa shape index (κ3) is 3.31. The number of nitrogens with zero attached hydrogens (tertiary/aromatic N) is 1. The molecule has 1 heterocycles. The lowest BCUT2D eigenvalue weighted by molar-refractivity contribution is -0.139. The zero-order valence-electron chi connectivity index (χ0n) is 10.7. The van der Waals surface area contributed by atoms with Crippen molar-refractivity contribution in [1.82, 2.24) is 10.2 Å². The number of rotatable bonds is 4. The summed E-state index contributed by atoms with van der Waals surface area (Å²) in [5.74, 6) is -1.16. The molecule has 1 saturated heterocycles. The standard InChI is InChI=1S/C14H20N2O2/c1-11-3-2-4-12(9-11)13(14(17)18)10-16-7-5-15-6-8-16/h2-4,9,13,15H,5-8,10H2,1H3,(H,17,18). The molecule has 2 rings (SSSR count). The van der Waals surface area contributed by atoms with Crippen LogP contribution in [0.3, 0.4) is 0 Å². The van der Waals surface area contributed by atoms with Crippen LogP contribution in [0.5, 0.6) is 0 Å². The molecule has 1 aliphatic heterocycles. The van der Waals surface area contributed by atoms with Crippen LogP contribution in [0.4, 0.5) is 0 Å². The molecule has 1 unspecified atom stereocenters. The lowest BCUT2D eigenvalue weighted by Crippen LogP contribution is -2.45. The molecule has 0 radical (unpaired) electrons. The maximum Gasteiger partial charge on any atom is 0.312 e. The van der Waals surface area contributed by atoms with Gasteiger partial charge in [-0.15, -0.1) is 0 Å². The Labute approximate surface area is 108 Å². The molecule has 0 spiro atoms. The zero-order chi connectivity index (χ0) is 13.0. The van der Waals surface area contributed by atoms with Gasteiger partial charge in [-0.3, -0.25) is 9.69 Å². The van der Waals surface area contributed by atoms with Crippen LogP contribution < -0.4 is 5.32 Å². The summed E-state index contributed by atoms with van der Waals surface area (Å²) in [6.45, 7) is 6.33. The van der Waals surface area contributed by atoms with Gasteiger partial charge < -0.3 is 10.4 Å². The summed E-state index contributed by atoms with van der Waals surface area (Å²) >= 11 is 0. The van der Waals surface area contributed by atoms with Crippen LogP contribution in [-0.2, 0) is 4.79 Å². The third-order valence-electron chi connectivity index (χ3n) is 3.39. The van der Waals surface area contributed by atoms with Gasteiger partial charge in [0.15, 0.2) is 0 Å². The maximum atomic E-state index is 11.4. The normalized spacial score (nSPS) is 18.5. The van der Waals surface area contributed by atoms with Crippen molar-refractivity contribution in [3.8, 4) is 0 Å². The fraction of sp³-hybridized carbons (Fsp3) is 0.500. The first-order valence-corrected chi connectivity index (χ1v) is 6.39. The SMILES string of the molecule is Cc1cccc(C(CN2CCNCC2)C(=O)O)c1. The van der Waals surface area contributed by atoms with E-state index in [2.05, 4.69) is 10.2 Å². The van der Waals surface area contributed by atoms with E-state index in [9.17, 15) is 9.90 Å². The number of benzene rings is 1. The van der Waals surface area contributed by atoms with E-state index in [1.54, 1.807) is 0 Å². The Bertz CT molecular complexity index is 414. The second-order valence-corrected chi connectivity index (χ2v) is 4.86. The van der Waals surface area contributed by atoms with Gasteiger partial charge in [-0.1, -0.05) is 29.8 Å². The van der Waals surface area contributed by atoms with Crippen molar-refractivity contribution in [2.24, 2.45) is 0 Å². The second-order valence-electron chi connectivity index (χ2n) is 4.86. The molecule has 0 aliphatic carbocycles. The summed E-state index contributed by atoms with van der Waals surface area (Å²) in [6, 6.07) is 7.81. The molecular weight excluding hydrogens is 228 g/mol. The van der Waals surface area contributed by atoms with Crippen molar-refractivity contribution in [2.75, 3.05) is 32.7 Å². The number of nitrogens with one attached hydrogen (secondary N) is 1. The molecule has 1 aromatic rings. The molecule has 4 nitrogen and oxygen atoms in total. The number of hydrogen-bond acceptors (Lipinski definition) is 3. The maximum absolute atomic E-state index is 11.4. The van der Waals surface area contributed by atoms with Gasteiger partial charge in [-0.05, 0) is 12.5 Å². The summed E-state index contributed by atoms with van der Waals surface area (Å²) in [5, 5.41) is 12.7. The molecule has 2 N–H and O–H groups in total. The minimum absolute atomic E-state index is 0.428. The average molecular weight is 248 g/mol. The quantitative estimate of drug-likeness (QED) is 0.837. The fourth-order valence-electron chi connectivity index (χ4n) is 2.36. The molecule has 4 heteroatoms. The Morgan fingerprint density at radius 3 is 2.78 bits per heavy atom. The molecule has 1 atom stereocenters. The average Bonchev–Trinajstić information content (AvgIpc) is 2.37. The summed E-state index contributed by atoms with van der Waals surface area (Å²) in [7, 11) is 0. The van der Waals surface area contributed by atoms with Crippen LogP contribution in [0, 0.1) is 6.92 Å². The number of aliphatic carboxylic acids is 1. The van der Waals surface area contributed by atoms with Crippen molar-refractivity contribution in [2.45, 2.75) is 12.8 Å². The van der Waals surface area contributed by atoms with E-state index < -0.39 is 11.9 Å². The number of aryl methyl sites for hydroxylation is 1. The Balaban J connectivity index is 2.10. The lowest BCUT2D eigenvalue weighted by atomic mass is 9.97. The predicted octanol–water partition coefficient (Wildman–Crippen LogP) is 1.07. The summed E-state index contributed by atoms with van der Waals surface area (Å²) in [6.07, 6.45) is 0. The van der Waals surface area contributed by atoms with Gasteiger partial charge in [0.05, 0.1) is 5.92 Å². The molecule has 1 aliphatic rings. The van der Waals surface area contributed by atoms with Gasteiger partial charge in [0.1, 0.15) is 0 Å². The molecular formula is C14H20N2O2. The molecule has 18 heavy (non-hydrogen) atoms. The van der Waals surface area contributed by atoms with Gasteiger partial charge in [0.25, 0.3) is 0 Å². The Morgan fingerprint density at radius 2 is 2.17 bits per heavy atom.